The summed E-state index contributed by atoms with van der Waals surface area (Å²) in [6, 6.07) is 26.2. The molecule has 0 radical (unpaired) electrons. The Labute approximate surface area is 271 Å². The predicted molar refractivity (Wildman–Crippen MR) is 177 cm³/mol. The van der Waals surface area contributed by atoms with Gasteiger partial charge in [-0.1, -0.05) is 65.9 Å². The second kappa shape index (κ2) is 12.1. The first-order valence-corrected chi connectivity index (χ1v) is 16.1. The smallest absolute Gasteiger partial charge is 0.271 e. The van der Waals surface area contributed by atoms with Gasteiger partial charge in [-0.2, -0.15) is 0 Å². The minimum atomic E-state index is -0.335. The molecule has 0 N–H and O–H groups in total. The summed E-state index contributed by atoms with van der Waals surface area (Å²) in [6.07, 6.45) is 3.55. The average molecular weight is 684 g/mol. The third-order valence-corrected chi connectivity index (χ3v) is 9.76. The van der Waals surface area contributed by atoms with Gasteiger partial charge in [-0.05, 0) is 87.4 Å². The van der Waals surface area contributed by atoms with Crippen LogP contribution in [0.3, 0.4) is 0 Å². The van der Waals surface area contributed by atoms with Crippen molar-refractivity contribution in [1.82, 2.24) is 4.57 Å². The molecular weight excluding hydrogens is 655 g/mol. The number of rotatable bonds is 7. The van der Waals surface area contributed by atoms with E-state index in [1.807, 2.05) is 53.1 Å². The van der Waals surface area contributed by atoms with Crippen molar-refractivity contribution < 1.29 is 18.6 Å². The molecule has 1 aliphatic carbocycles. The van der Waals surface area contributed by atoms with Crippen LogP contribution in [0.1, 0.15) is 40.3 Å². The molecule has 0 fully saturated rings. The van der Waals surface area contributed by atoms with Crippen molar-refractivity contribution in [2.75, 3.05) is 14.2 Å². The summed E-state index contributed by atoms with van der Waals surface area (Å²) < 4.78 is 34.2. The Morgan fingerprint density at radius 1 is 1.00 bits per heavy atom. The van der Waals surface area contributed by atoms with E-state index < -0.39 is 0 Å². The summed E-state index contributed by atoms with van der Waals surface area (Å²) in [4.78, 5) is 19.9. The lowest BCUT2D eigenvalue weighted by Crippen LogP contribution is -2.38. The highest BCUT2D eigenvalue weighted by Gasteiger charge is 2.32. The van der Waals surface area contributed by atoms with Crippen LogP contribution in [0.4, 0.5) is 4.39 Å². The van der Waals surface area contributed by atoms with Crippen LogP contribution in [0.25, 0.3) is 11.8 Å². The Morgan fingerprint density at radius 2 is 1.78 bits per heavy atom. The van der Waals surface area contributed by atoms with E-state index in [2.05, 4.69) is 34.1 Å². The maximum absolute atomic E-state index is 14.2. The highest BCUT2D eigenvalue weighted by Crippen LogP contribution is 2.42. The van der Waals surface area contributed by atoms with Crippen LogP contribution in [0.2, 0.25) is 0 Å². The highest BCUT2D eigenvalue weighted by molar-refractivity contribution is 9.10. The topological polar surface area (TPSA) is 62.0 Å². The van der Waals surface area contributed by atoms with E-state index in [1.165, 1.54) is 23.0 Å². The molecule has 2 heterocycles. The van der Waals surface area contributed by atoms with E-state index in [1.54, 1.807) is 32.4 Å². The van der Waals surface area contributed by atoms with Crippen LogP contribution in [0, 0.1) is 5.82 Å². The molecule has 2 aliphatic rings. The number of allylic oxidation sites excluding steroid dienone is 1. The third kappa shape index (κ3) is 5.40. The monoisotopic (exact) mass is 682 g/mol. The number of ether oxygens (including phenoxy) is 3. The SMILES string of the molecule is COc1ccc([C@@H]2C3=C(N=c4s/c(=C\c5cc(Br)c(OCc6ccccc6F)c(OC)c5)c(=O)n42)c2ccccc2CC3)cc1. The van der Waals surface area contributed by atoms with Crippen LogP contribution in [0.15, 0.2) is 105 Å². The van der Waals surface area contributed by atoms with E-state index in [9.17, 15) is 9.18 Å². The molecule has 1 aromatic heterocycles. The van der Waals surface area contributed by atoms with Gasteiger partial charge in [-0.3, -0.25) is 9.36 Å². The van der Waals surface area contributed by atoms with Gasteiger partial charge in [0.25, 0.3) is 5.56 Å². The molecule has 45 heavy (non-hydrogen) atoms. The van der Waals surface area contributed by atoms with Gasteiger partial charge in [0.2, 0.25) is 0 Å². The van der Waals surface area contributed by atoms with Gasteiger partial charge in [0.05, 0.1) is 35.0 Å². The lowest BCUT2D eigenvalue weighted by atomic mass is 9.83. The number of hydrogen-bond donors (Lipinski definition) is 0. The fourth-order valence-corrected chi connectivity index (χ4v) is 7.56. The summed E-state index contributed by atoms with van der Waals surface area (Å²) >= 11 is 4.96. The number of halogens is 2. The molecule has 6 nitrogen and oxygen atoms in total. The maximum Gasteiger partial charge on any atom is 0.271 e. The second-order valence-electron chi connectivity index (χ2n) is 10.8. The highest BCUT2D eigenvalue weighted by atomic mass is 79.9. The van der Waals surface area contributed by atoms with Crippen molar-refractivity contribution in [1.29, 1.82) is 0 Å². The Morgan fingerprint density at radius 3 is 2.56 bits per heavy atom. The molecular formula is C36H28BrFN2O4S. The molecule has 0 saturated carbocycles. The number of aryl methyl sites for hydroxylation is 1. The summed E-state index contributed by atoms with van der Waals surface area (Å²) in [5.74, 6) is 1.33. The van der Waals surface area contributed by atoms with E-state index in [4.69, 9.17) is 19.2 Å². The second-order valence-corrected chi connectivity index (χ2v) is 12.7. The molecule has 5 aromatic rings. The van der Waals surface area contributed by atoms with Gasteiger partial charge < -0.3 is 14.2 Å². The normalized spacial score (nSPS) is 15.6. The van der Waals surface area contributed by atoms with Crippen LogP contribution < -0.4 is 29.1 Å². The Kier molecular flexibility index (Phi) is 7.89. The van der Waals surface area contributed by atoms with Crippen molar-refractivity contribution in [2.24, 2.45) is 4.99 Å². The quantitative estimate of drug-likeness (QED) is 0.189. The van der Waals surface area contributed by atoms with Crippen molar-refractivity contribution in [2.45, 2.75) is 25.5 Å². The summed E-state index contributed by atoms with van der Waals surface area (Å²) in [5.41, 5.74) is 6.55. The largest absolute Gasteiger partial charge is 0.497 e. The zero-order valence-corrected chi connectivity index (χ0v) is 27.0. The van der Waals surface area contributed by atoms with E-state index in [0.29, 0.717) is 30.9 Å². The first-order chi connectivity index (χ1) is 21.9. The standard InChI is InChI=1S/C36H28BrFN2O4S/c1-42-25-14-11-23(12-15-25)33-27-16-13-22-7-3-5-9-26(22)32(27)39-36-40(33)35(41)31(45-36)19-21-17-28(37)34(30(18-21)43-2)44-20-24-8-4-6-10-29(24)38/h3-12,14-15,17-19,33H,13,16,20H2,1-2H3/b31-19-/t33-/m1/s1. The number of benzene rings is 4. The molecule has 0 amide bonds. The first-order valence-electron chi connectivity index (χ1n) is 14.5. The molecule has 9 heteroatoms. The minimum Gasteiger partial charge on any atom is -0.497 e. The summed E-state index contributed by atoms with van der Waals surface area (Å²) in [7, 11) is 3.19. The van der Waals surface area contributed by atoms with Crippen molar-refractivity contribution in [3.63, 3.8) is 0 Å². The third-order valence-electron chi connectivity index (χ3n) is 8.18. The van der Waals surface area contributed by atoms with Crippen molar-refractivity contribution in [3.8, 4) is 17.2 Å². The molecule has 4 aromatic carbocycles. The Hall–Kier alpha value is -4.47. The Bertz CT molecular complexity index is 2150. The van der Waals surface area contributed by atoms with Crippen molar-refractivity contribution in [3.05, 3.63) is 148 Å². The van der Waals surface area contributed by atoms with E-state index in [0.717, 1.165) is 46.6 Å². The molecule has 0 saturated heterocycles. The number of thiazole rings is 1. The first kappa shape index (κ1) is 29.3. The van der Waals surface area contributed by atoms with Gasteiger partial charge >= 0.3 is 0 Å². The van der Waals surface area contributed by atoms with Crippen LogP contribution in [-0.2, 0) is 13.0 Å². The zero-order valence-electron chi connectivity index (χ0n) is 24.6. The van der Waals surface area contributed by atoms with Crippen LogP contribution in [0.5, 0.6) is 17.2 Å². The molecule has 7 rings (SSSR count). The van der Waals surface area contributed by atoms with Gasteiger partial charge in [-0.15, -0.1) is 0 Å². The molecule has 1 atom stereocenters. The van der Waals surface area contributed by atoms with E-state index in [-0.39, 0.29) is 24.0 Å². The van der Waals surface area contributed by atoms with Gasteiger partial charge in [0.15, 0.2) is 16.3 Å². The fraction of sp³-hybridized carbons (Fsp3) is 0.167. The number of aromatic nitrogens is 1. The lowest BCUT2D eigenvalue weighted by Gasteiger charge is -2.30. The van der Waals surface area contributed by atoms with Gasteiger partial charge in [0.1, 0.15) is 18.2 Å². The van der Waals surface area contributed by atoms with Crippen molar-refractivity contribution >= 4 is 39.0 Å². The average Bonchev–Trinajstić information content (AvgIpc) is 3.37. The maximum atomic E-state index is 14.2. The summed E-state index contributed by atoms with van der Waals surface area (Å²) in [5, 5.41) is 0. The van der Waals surface area contributed by atoms with Gasteiger partial charge in [-0.25, -0.2) is 9.38 Å². The summed E-state index contributed by atoms with van der Waals surface area (Å²) in [6.45, 7) is 0.0404. The number of fused-ring (bicyclic) bond motifs is 3. The fourth-order valence-electron chi connectivity index (χ4n) is 5.99. The van der Waals surface area contributed by atoms with Crippen LogP contribution in [-0.4, -0.2) is 18.8 Å². The molecule has 1 aliphatic heterocycles. The predicted octanol–water partition coefficient (Wildman–Crippen LogP) is 6.82. The number of methoxy groups -OCH3 is 2. The molecule has 0 bridgehead atoms. The lowest BCUT2D eigenvalue weighted by molar-refractivity contribution is 0.278. The molecule has 226 valence electrons. The minimum absolute atomic E-state index is 0.0404. The van der Waals surface area contributed by atoms with Crippen LogP contribution >= 0.6 is 27.3 Å². The molecule has 0 spiro atoms. The van der Waals surface area contributed by atoms with Gasteiger partial charge in [0, 0.05) is 11.1 Å². The number of hydrogen-bond acceptors (Lipinski definition) is 6. The number of nitrogens with zero attached hydrogens (tertiary/aromatic N) is 2. The van der Waals surface area contributed by atoms with E-state index >= 15 is 0 Å². The zero-order chi connectivity index (χ0) is 31.1. The Balaban J connectivity index is 1.33. The molecule has 0 unspecified atom stereocenters.